The van der Waals surface area contributed by atoms with Crippen LogP contribution in [0.5, 0.6) is 0 Å². The van der Waals surface area contributed by atoms with Crippen molar-refractivity contribution in [1.29, 1.82) is 0 Å². The Bertz CT molecular complexity index is 1390. The molecule has 0 bridgehead atoms. The molecule has 0 aromatic heterocycles. The summed E-state index contributed by atoms with van der Waals surface area (Å²) in [5.74, 6) is -6.54. The number of carbonyl (C=O) groups is 2. The van der Waals surface area contributed by atoms with E-state index in [2.05, 4.69) is 11.9 Å². The third-order valence-electron chi connectivity index (χ3n) is 5.90. The zero-order valence-corrected chi connectivity index (χ0v) is 20.5. The van der Waals surface area contributed by atoms with E-state index in [9.17, 15) is 27.2 Å². The van der Waals surface area contributed by atoms with Gasteiger partial charge in [0.25, 0.3) is 0 Å². The number of Topliss-reactive ketones (excluding diaryl/α,β-unsaturated/α-hetero) is 1. The van der Waals surface area contributed by atoms with Crippen molar-refractivity contribution in [2.75, 3.05) is 5.32 Å². The van der Waals surface area contributed by atoms with Gasteiger partial charge < -0.3 is 5.32 Å². The molecule has 1 saturated carbocycles. The van der Waals surface area contributed by atoms with Crippen LogP contribution in [0.3, 0.4) is 0 Å². The van der Waals surface area contributed by atoms with E-state index in [0.29, 0.717) is 6.07 Å². The van der Waals surface area contributed by atoms with E-state index in [1.165, 1.54) is 18.2 Å². The molecule has 0 saturated heterocycles. The van der Waals surface area contributed by atoms with Crippen LogP contribution in [-0.4, -0.2) is 16.0 Å². The van der Waals surface area contributed by atoms with Crippen LogP contribution in [0, 0.1) is 29.2 Å². The Hall–Kier alpha value is -2.87. The van der Waals surface area contributed by atoms with Crippen molar-refractivity contribution in [2.24, 2.45) is 5.92 Å². The Kier molecular flexibility index (Phi) is 7.19. The average Bonchev–Trinajstić information content (AvgIpc) is 3.38. The molecule has 1 aliphatic carbocycles. The topological polar surface area (TPSA) is 46.2 Å². The van der Waals surface area contributed by atoms with Gasteiger partial charge in [-0.1, -0.05) is 30.3 Å². The average molecular weight is 557 g/mol. The zero-order valence-electron chi connectivity index (χ0n) is 18.2. The summed E-state index contributed by atoms with van der Waals surface area (Å²) in [6, 6.07) is 9.03. The maximum atomic E-state index is 14.2. The quantitative estimate of drug-likeness (QED) is 0.186. The number of nitrogens with one attached hydrogen (secondary N) is 1. The highest BCUT2D eigenvalue weighted by Gasteiger charge is 2.67. The summed E-state index contributed by atoms with van der Waals surface area (Å²) in [4.78, 5) is 25.6. The van der Waals surface area contributed by atoms with Crippen molar-refractivity contribution in [3.05, 3.63) is 106 Å². The predicted molar refractivity (Wildman–Crippen MR) is 132 cm³/mol. The fraction of sp³-hybridized carbons (Fsp3) is 0.154. The molecular formula is C26H16Cl3F4NO2. The molecule has 0 radical (unpaired) electrons. The molecule has 3 aromatic carbocycles. The fourth-order valence-corrected chi connectivity index (χ4v) is 5.07. The van der Waals surface area contributed by atoms with Crippen LogP contribution in [0.15, 0.2) is 55.1 Å². The van der Waals surface area contributed by atoms with Gasteiger partial charge in [-0.25, -0.2) is 17.6 Å². The van der Waals surface area contributed by atoms with Crippen LogP contribution < -0.4 is 5.32 Å². The van der Waals surface area contributed by atoms with Crippen molar-refractivity contribution in [2.45, 2.75) is 16.7 Å². The summed E-state index contributed by atoms with van der Waals surface area (Å²) in [6.45, 7) is 3.35. The summed E-state index contributed by atoms with van der Waals surface area (Å²) < 4.78 is 53.9. The minimum absolute atomic E-state index is 0.00213. The number of rotatable bonds is 7. The summed E-state index contributed by atoms with van der Waals surface area (Å²) in [6.07, 6.45) is 0.641. The second-order valence-electron chi connectivity index (χ2n) is 8.25. The Labute approximate surface area is 218 Å². The zero-order chi connectivity index (χ0) is 26.4. The standard InChI is InChI=1S/C26H16Cl3F4NO2/c1-2-16-20(32)7-13(8-21(16)33)23-24(26(23,28)29)25(36)34-15-5-6-18(27)17(11-15)22(35)9-12-3-4-14(30)10-19(12)31/h2-8,10-11,23-24H,1,9H2,(H,34,36). The monoisotopic (exact) mass is 555 g/mol. The molecular weight excluding hydrogens is 541 g/mol. The lowest BCUT2D eigenvalue weighted by molar-refractivity contribution is -0.117. The van der Waals surface area contributed by atoms with E-state index in [-0.39, 0.29) is 33.0 Å². The first kappa shape index (κ1) is 26.2. The Morgan fingerprint density at radius 2 is 1.64 bits per heavy atom. The number of alkyl halides is 2. The smallest absolute Gasteiger partial charge is 0.231 e. The highest BCUT2D eigenvalue weighted by molar-refractivity contribution is 6.53. The molecule has 1 amide bonds. The molecule has 36 heavy (non-hydrogen) atoms. The minimum Gasteiger partial charge on any atom is -0.326 e. The number of hydrogen-bond acceptors (Lipinski definition) is 2. The molecule has 3 nitrogen and oxygen atoms in total. The van der Waals surface area contributed by atoms with E-state index in [4.69, 9.17) is 34.8 Å². The maximum Gasteiger partial charge on any atom is 0.231 e. The molecule has 0 aliphatic heterocycles. The SMILES string of the molecule is C=Cc1c(F)cc(C2C(C(=O)Nc3ccc(Cl)c(C(=O)Cc4ccc(F)cc4F)c3)C2(Cl)Cl)cc1F. The molecule has 1 aliphatic rings. The summed E-state index contributed by atoms with van der Waals surface area (Å²) in [7, 11) is 0. The molecule has 1 fully saturated rings. The van der Waals surface area contributed by atoms with Crippen molar-refractivity contribution in [3.63, 3.8) is 0 Å². The van der Waals surface area contributed by atoms with E-state index in [1.54, 1.807) is 0 Å². The first-order valence-electron chi connectivity index (χ1n) is 10.5. The van der Waals surface area contributed by atoms with Gasteiger partial charge in [0.05, 0.1) is 10.9 Å². The van der Waals surface area contributed by atoms with E-state index in [0.717, 1.165) is 30.3 Å². The normalized spacial score (nSPS) is 18.0. The first-order valence-corrected chi connectivity index (χ1v) is 11.6. The predicted octanol–water partition coefficient (Wildman–Crippen LogP) is 7.49. The maximum absolute atomic E-state index is 14.2. The molecule has 0 spiro atoms. The highest BCUT2D eigenvalue weighted by atomic mass is 35.5. The van der Waals surface area contributed by atoms with Crippen molar-refractivity contribution >= 4 is 58.3 Å². The molecule has 2 atom stereocenters. The van der Waals surface area contributed by atoms with Crippen LogP contribution in [0.4, 0.5) is 23.2 Å². The van der Waals surface area contributed by atoms with Gasteiger partial charge in [0, 0.05) is 35.2 Å². The van der Waals surface area contributed by atoms with E-state index in [1.807, 2.05) is 0 Å². The molecule has 4 rings (SSSR count). The van der Waals surface area contributed by atoms with Gasteiger partial charge >= 0.3 is 0 Å². The molecule has 10 heteroatoms. The van der Waals surface area contributed by atoms with Gasteiger partial charge in [0.15, 0.2) is 5.78 Å². The lowest BCUT2D eigenvalue weighted by atomic mass is 10.0. The Morgan fingerprint density at radius 1 is 0.972 bits per heavy atom. The second-order valence-corrected chi connectivity index (χ2v) is 10.1. The van der Waals surface area contributed by atoms with Crippen LogP contribution in [0.1, 0.15) is 33.0 Å². The summed E-state index contributed by atoms with van der Waals surface area (Å²) in [5.41, 5.74) is -0.0639. The van der Waals surface area contributed by atoms with Gasteiger partial charge in [-0.15, -0.1) is 23.2 Å². The number of carbonyl (C=O) groups excluding carboxylic acids is 2. The number of benzene rings is 3. The Morgan fingerprint density at radius 3 is 2.25 bits per heavy atom. The van der Waals surface area contributed by atoms with Gasteiger partial charge in [0.1, 0.15) is 27.6 Å². The second kappa shape index (κ2) is 9.88. The van der Waals surface area contributed by atoms with Crippen LogP contribution in [0.2, 0.25) is 5.02 Å². The van der Waals surface area contributed by atoms with Crippen LogP contribution in [0.25, 0.3) is 6.08 Å². The molecule has 186 valence electrons. The van der Waals surface area contributed by atoms with Gasteiger partial charge in [-0.05, 0) is 47.5 Å². The lowest BCUT2D eigenvalue weighted by Gasteiger charge is -2.10. The van der Waals surface area contributed by atoms with E-state index < -0.39 is 57.5 Å². The highest BCUT2D eigenvalue weighted by Crippen LogP contribution is 2.65. The van der Waals surface area contributed by atoms with Crippen molar-refractivity contribution < 1.29 is 27.2 Å². The van der Waals surface area contributed by atoms with Crippen molar-refractivity contribution in [1.82, 2.24) is 0 Å². The minimum atomic E-state index is -1.62. The molecule has 3 aromatic rings. The molecule has 2 unspecified atom stereocenters. The first-order chi connectivity index (χ1) is 16.9. The molecule has 0 heterocycles. The number of halogens is 7. The van der Waals surface area contributed by atoms with Gasteiger partial charge in [-0.2, -0.15) is 0 Å². The van der Waals surface area contributed by atoms with Gasteiger partial charge in [-0.3, -0.25) is 9.59 Å². The van der Waals surface area contributed by atoms with E-state index >= 15 is 0 Å². The Balaban J connectivity index is 1.53. The van der Waals surface area contributed by atoms with Gasteiger partial charge in [0.2, 0.25) is 5.91 Å². The number of hydrogen-bond donors (Lipinski definition) is 1. The third-order valence-corrected chi connectivity index (χ3v) is 7.17. The number of ketones is 1. The van der Waals surface area contributed by atoms with Crippen molar-refractivity contribution in [3.8, 4) is 0 Å². The largest absolute Gasteiger partial charge is 0.326 e. The number of amides is 1. The molecule has 1 N–H and O–H groups in total. The summed E-state index contributed by atoms with van der Waals surface area (Å²) >= 11 is 18.7. The number of anilines is 1. The fourth-order valence-electron chi connectivity index (χ4n) is 4.02. The third kappa shape index (κ3) is 5.01. The van der Waals surface area contributed by atoms with Crippen LogP contribution >= 0.6 is 34.8 Å². The lowest BCUT2D eigenvalue weighted by Crippen LogP contribution is -2.17. The van der Waals surface area contributed by atoms with Crippen LogP contribution in [-0.2, 0) is 11.2 Å². The summed E-state index contributed by atoms with van der Waals surface area (Å²) in [5, 5.41) is 2.63.